The largest absolute Gasteiger partial charge is 0.382 e. The van der Waals surface area contributed by atoms with Crippen molar-refractivity contribution in [3.05, 3.63) is 24.3 Å². The third-order valence-corrected chi connectivity index (χ3v) is 4.26. The molecule has 1 fully saturated rings. The van der Waals surface area contributed by atoms with Gasteiger partial charge in [-0.3, -0.25) is 4.72 Å². The van der Waals surface area contributed by atoms with E-state index in [1.54, 1.807) is 6.07 Å². The van der Waals surface area contributed by atoms with E-state index in [-0.39, 0.29) is 0 Å². The van der Waals surface area contributed by atoms with E-state index in [9.17, 15) is 8.42 Å². The Morgan fingerprint density at radius 1 is 1.25 bits per heavy atom. The van der Waals surface area contributed by atoms with E-state index < -0.39 is 10.0 Å². The molecule has 5 nitrogen and oxygen atoms in total. The minimum absolute atomic E-state index is 0.509. The molecular formula is C14H23N3O2S. The first-order chi connectivity index (χ1) is 9.46. The number of likely N-dealkylation sites (tertiary alicyclic amines) is 1. The number of sulfonamides is 1. The zero-order valence-corrected chi connectivity index (χ0v) is 12.9. The van der Waals surface area contributed by atoms with Crippen molar-refractivity contribution in [3.8, 4) is 0 Å². The van der Waals surface area contributed by atoms with E-state index in [2.05, 4.69) is 22.0 Å². The molecule has 1 heterocycles. The fourth-order valence-corrected chi connectivity index (χ4v) is 3.13. The number of hydrogen-bond donors (Lipinski definition) is 2. The van der Waals surface area contributed by atoms with Gasteiger partial charge in [-0.25, -0.2) is 8.42 Å². The van der Waals surface area contributed by atoms with Crippen molar-refractivity contribution in [2.75, 3.05) is 36.4 Å². The number of nitrogens with zero attached hydrogens (tertiary/aromatic N) is 1. The molecule has 2 N–H and O–H groups in total. The highest BCUT2D eigenvalue weighted by atomic mass is 32.2. The van der Waals surface area contributed by atoms with Gasteiger partial charge < -0.3 is 10.2 Å². The first-order valence-electron chi connectivity index (χ1n) is 6.96. The van der Waals surface area contributed by atoms with Crippen LogP contribution in [0.1, 0.15) is 19.3 Å². The maximum absolute atomic E-state index is 11.4. The van der Waals surface area contributed by atoms with E-state index in [1.165, 1.54) is 25.5 Å². The zero-order valence-electron chi connectivity index (χ0n) is 12.1. The van der Waals surface area contributed by atoms with Crippen molar-refractivity contribution in [1.82, 2.24) is 4.90 Å². The maximum atomic E-state index is 11.4. The third kappa shape index (κ3) is 4.38. The quantitative estimate of drug-likeness (QED) is 0.872. The van der Waals surface area contributed by atoms with Gasteiger partial charge in [-0.2, -0.15) is 0 Å². The molecule has 0 radical (unpaired) electrons. The van der Waals surface area contributed by atoms with Crippen LogP contribution in [0.5, 0.6) is 0 Å². The van der Waals surface area contributed by atoms with Gasteiger partial charge in [0.05, 0.1) is 17.6 Å². The van der Waals surface area contributed by atoms with Crippen molar-refractivity contribution in [3.63, 3.8) is 0 Å². The maximum Gasteiger partial charge on any atom is 0.229 e. The summed E-state index contributed by atoms with van der Waals surface area (Å²) in [6.07, 6.45) is 4.88. The molecule has 0 aliphatic carbocycles. The van der Waals surface area contributed by atoms with Crippen molar-refractivity contribution in [2.45, 2.75) is 25.3 Å². The van der Waals surface area contributed by atoms with E-state index >= 15 is 0 Å². The van der Waals surface area contributed by atoms with Crippen LogP contribution in [0.2, 0.25) is 0 Å². The Labute approximate surface area is 121 Å². The molecule has 1 aromatic carbocycles. The highest BCUT2D eigenvalue weighted by Gasteiger charge is 2.18. The number of hydrogen-bond acceptors (Lipinski definition) is 4. The summed E-state index contributed by atoms with van der Waals surface area (Å²) in [5.74, 6) is 0. The van der Waals surface area contributed by atoms with Crippen LogP contribution >= 0.6 is 0 Å². The molecule has 0 saturated carbocycles. The van der Waals surface area contributed by atoms with Gasteiger partial charge in [-0.15, -0.1) is 0 Å². The molecule has 2 rings (SSSR count). The lowest BCUT2D eigenvalue weighted by Gasteiger charge is -2.33. The van der Waals surface area contributed by atoms with Crippen LogP contribution in [-0.2, 0) is 10.0 Å². The van der Waals surface area contributed by atoms with Gasteiger partial charge in [-0.1, -0.05) is 18.6 Å². The van der Waals surface area contributed by atoms with E-state index in [4.69, 9.17) is 0 Å². The standard InChI is InChI=1S/C14H23N3O2S/c1-17-10-6-5-7-12(17)11-15-13-8-3-4-9-14(13)16-20(2,18)19/h3-4,8-9,12,15-16H,5-7,10-11H2,1-2H3. The van der Waals surface area contributed by atoms with Crippen LogP contribution in [0.4, 0.5) is 11.4 Å². The summed E-state index contributed by atoms with van der Waals surface area (Å²) in [5.41, 5.74) is 1.44. The molecule has 1 saturated heterocycles. The van der Waals surface area contributed by atoms with E-state index in [1.807, 2.05) is 18.2 Å². The molecule has 1 aliphatic rings. The Hall–Kier alpha value is -1.27. The van der Waals surface area contributed by atoms with Crippen molar-refractivity contribution in [2.24, 2.45) is 0 Å². The lowest BCUT2D eigenvalue weighted by molar-refractivity contribution is 0.194. The Balaban J connectivity index is 2.02. The number of nitrogens with one attached hydrogen (secondary N) is 2. The van der Waals surface area contributed by atoms with E-state index in [0.717, 1.165) is 18.8 Å². The highest BCUT2D eigenvalue weighted by molar-refractivity contribution is 7.92. The molecule has 0 amide bonds. The van der Waals surface area contributed by atoms with Gasteiger partial charge in [0, 0.05) is 12.6 Å². The molecule has 20 heavy (non-hydrogen) atoms. The smallest absolute Gasteiger partial charge is 0.229 e. The average Bonchev–Trinajstić information content (AvgIpc) is 2.37. The minimum Gasteiger partial charge on any atom is -0.382 e. The van der Waals surface area contributed by atoms with Gasteiger partial charge in [0.15, 0.2) is 0 Å². The van der Waals surface area contributed by atoms with E-state index in [0.29, 0.717) is 11.7 Å². The summed E-state index contributed by atoms with van der Waals surface area (Å²) in [4.78, 5) is 2.36. The Kier molecular flexibility index (Phi) is 4.88. The van der Waals surface area contributed by atoms with Crippen LogP contribution in [0.3, 0.4) is 0 Å². The second-order valence-corrected chi connectivity index (χ2v) is 7.18. The topological polar surface area (TPSA) is 61.4 Å². The van der Waals surface area contributed by atoms with Crippen LogP contribution in [0.15, 0.2) is 24.3 Å². The number of rotatable bonds is 5. The molecule has 1 aliphatic heterocycles. The number of benzene rings is 1. The average molecular weight is 297 g/mol. The normalized spacial score (nSPS) is 20.6. The fraction of sp³-hybridized carbons (Fsp3) is 0.571. The molecule has 1 aromatic rings. The molecule has 112 valence electrons. The van der Waals surface area contributed by atoms with Gasteiger partial charge >= 0.3 is 0 Å². The monoisotopic (exact) mass is 297 g/mol. The summed E-state index contributed by atoms with van der Waals surface area (Å²) in [5, 5.41) is 3.37. The predicted octanol–water partition coefficient (Wildman–Crippen LogP) is 1.95. The van der Waals surface area contributed by atoms with Gasteiger partial charge in [0.1, 0.15) is 0 Å². The van der Waals surface area contributed by atoms with Crippen LogP contribution in [0.25, 0.3) is 0 Å². The highest BCUT2D eigenvalue weighted by Crippen LogP contribution is 2.23. The molecular weight excluding hydrogens is 274 g/mol. The zero-order chi connectivity index (χ0) is 14.6. The second kappa shape index (κ2) is 6.45. The molecule has 0 bridgehead atoms. The van der Waals surface area contributed by atoms with Gasteiger partial charge in [-0.05, 0) is 38.6 Å². The lowest BCUT2D eigenvalue weighted by atomic mass is 10.0. The Morgan fingerprint density at radius 3 is 2.60 bits per heavy atom. The van der Waals surface area contributed by atoms with Gasteiger partial charge in [0.25, 0.3) is 0 Å². The summed E-state index contributed by atoms with van der Waals surface area (Å²) < 4.78 is 25.3. The van der Waals surface area contributed by atoms with Crippen molar-refractivity contribution >= 4 is 21.4 Å². The first kappa shape index (κ1) is 15.1. The third-order valence-electron chi connectivity index (χ3n) is 3.67. The summed E-state index contributed by atoms with van der Waals surface area (Å²) >= 11 is 0. The van der Waals surface area contributed by atoms with Gasteiger partial charge in [0.2, 0.25) is 10.0 Å². The minimum atomic E-state index is -3.25. The molecule has 0 spiro atoms. The van der Waals surface area contributed by atoms with Crippen LogP contribution in [0, 0.1) is 0 Å². The predicted molar refractivity (Wildman–Crippen MR) is 83.7 cm³/mol. The summed E-state index contributed by atoms with van der Waals surface area (Å²) in [6, 6.07) is 7.91. The van der Waals surface area contributed by atoms with Crippen molar-refractivity contribution < 1.29 is 8.42 Å². The summed E-state index contributed by atoms with van der Waals surface area (Å²) in [6.45, 7) is 1.97. The molecule has 1 atom stereocenters. The Morgan fingerprint density at radius 2 is 1.95 bits per heavy atom. The summed E-state index contributed by atoms with van der Waals surface area (Å²) in [7, 11) is -1.11. The number of anilines is 2. The molecule has 1 unspecified atom stereocenters. The SMILES string of the molecule is CN1CCCCC1CNc1ccccc1NS(C)(=O)=O. The first-order valence-corrected chi connectivity index (χ1v) is 8.86. The number of para-hydroxylation sites is 2. The lowest BCUT2D eigenvalue weighted by Crippen LogP contribution is -2.40. The van der Waals surface area contributed by atoms with Crippen molar-refractivity contribution in [1.29, 1.82) is 0 Å². The van der Waals surface area contributed by atoms with Crippen LogP contribution in [-0.4, -0.2) is 45.8 Å². The van der Waals surface area contributed by atoms with Crippen LogP contribution < -0.4 is 10.0 Å². The number of likely N-dealkylation sites (N-methyl/N-ethyl adjacent to an activating group) is 1. The fourth-order valence-electron chi connectivity index (χ4n) is 2.56. The molecule has 0 aromatic heterocycles. The molecule has 6 heteroatoms. The number of piperidine rings is 1. The second-order valence-electron chi connectivity index (χ2n) is 5.43. The Bertz CT molecular complexity index is 545.